The molecule has 0 spiro atoms. The first kappa shape index (κ1) is 22.1. The van der Waals surface area contributed by atoms with Gasteiger partial charge >= 0.3 is 11.7 Å². The van der Waals surface area contributed by atoms with E-state index in [-0.39, 0.29) is 34.8 Å². The van der Waals surface area contributed by atoms with Gasteiger partial charge in [0.2, 0.25) is 11.8 Å². The summed E-state index contributed by atoms with van der Waals surface area (Å²) in [5.74, 6) is -1.55. The third kappa shape index (κ3) is 5.74. The van der Waals surface area contributed by atoms with Crippen LogP contribution in [0.25, 0.3) is 11.0 Å². The van der Waals surface area contributed by atoms with Crippen LogP contribution in [-0.2, 0) is 11.2 Å². The molecule has 0 fully saturated rings. The molecule has 10 heteroatoms. The lowest BCUT2D eigenvalue weighted by Crippen LogP contribution is -2.36. The molecule has 0 bridgehead atoms. The van der Waals surface area contributed by atoms with E-state index in [0.29, 0.717) is 0 Å². The molecule has 31 heavy (non-hydrogen) atoms. The van der Waals surface area contributed by atoms with E-state index < -0.39 is 35.0 Å². The molecule has 0 aliphatic rings. The molecule has 3 aromatic rings. The van der Waals surface area contributed by atoms with Crippen LogP contribution in [0.5, 0.6) is 5.88 Å². The van der Waals surface area contributed by atoms with E-state index in [2.05, 4.69) is 15.3 Å². The second-order valence-corrected chi connectivity index (χ2v) is 7.74. The lowest BCUT2D eigenvalue weighted by molar-refractivity contribution is 0.0494. The summed E-state index contributed by atoms with van der Waals surface area (Å²) in [6.45, 7) is 5.02. The SMILES string of the molecule is COc1ccc2c(=O)oc([C@H](Cc3cc(F)cc(F)c3)NC(=O)OC(C)(C)C)nc2n1. The van der Waals surface area contributed by atoms with Crippen molar-refractivity contribution < 1.29 is 27.5 Å². The number of aromatic nitrogens is 2. The quantitative estimate of drug-likeness (QED) is 0.655. The van der Waals surface area contributed by atoms with Crippen molar-refractivity contribution in [2.75, 3.05) is 7.11 Å². The van der Waals surface area contributed by atoms with Gasteiger partial charge in [0.15, 0.2) is 5.65 Å². The minimum atomic E-state index is -1.07. The molecule has 0 aliphatic heterocycles. The van der Waals surface area contributed by atoms with Gasteiger partial charge in [0.05, 0.1) is 7.11 Å². The van der Waals surface area contributed by atoms with Gasteiger partial charge in [-0.2, -0.15) is 9.97 Å². The Morgan fingerprint density at radius 1 is 1.16 bits per heavy atom. The first-order valence-electron chi connectivity index (χ1n) is 9.34. The van der Waals surface area contributed by atoms with Crippen molar-refractivity contribution >= 4 is 17.1 Å². The molecule has 3 rings (SSSR count). The van der Waals surface area contributed by atoms with Gasteiger partial charge in [-0.25, -0.2) is 18.4 Å². The van der Waals surface area contributed by atoms with Crippen LogP contribution in [0.15, 0.2) is 39.5 Å². The highest BCUT2D eigenvalue weighted by atomic mass is 19.1. The molecule has 1 amide bonds. The van der Waals surface area contributed by atoms with Crippen molar-refractivity contribution in [3.63, 3.8) is 0 Å². The Kier molecular flexibility index (Phi) is 6.19. The van der Waals surface area contributed by atoms with Crippen molar-refractivity contribution in [3.8, 4) is 5.88 Å². The molecule has 1 N–H and O–H groups in total. The van der Waals surface area contributed by atoms with E-state index in [1.165, 1.54) is 19.2 Å². The molecule has 2 heterocycles. The molecule has 164 valence electrons. The van der Waals surface area contributed by atoms with Crippen LogP contribution < -0.4 is 15.7 Å². The number of methoxy groups -OCH3 is 1. The number of fused-ring (bicyclic) bond motifs is 1. The second kappa shape index (κ2) is 8.66. The number of amides is 1. The number of hydrogen-bond acceptors (Lipinski definition) is 7. The number of alkyl carbamates (subject to hydrolysis) is 1. The lowest BCUT2D eigenvalue weighted by Gasteiger charge is -2.23. The normalized spacial score (nSPS) is 12.5. The number of pyridine rings is 1. The lowest BCUT2D eigenvalue weighted by atomic mass is 10.1. The maximum absolute atomic E-state index is 13.7. The van der Waals surface area contributed by atoms with Gasteiger partial charge in [-0.15, -0.1) is 0 Å². The van der Waals surface area contributed by atoms with Crippen LogP contribution in [0.4, 0.5) is 13.6 Å². The predicted octanol–water partition coefficient (Wildman–Crippen LogP) is 3.68. The summed E-state index contributed by atoms with van der Waals surface area (Å²) in [6.07, 6.45) is -0.947. The number of nitrogens with one attached hydrogen (secondary N) is 1. The molecular formula is C21H21F2N3O5. The van der Waals surface area contributed by atoms with Crippen LogP contribution in [-0.4, -0.2) is 28.8 Å². The fraction of sp³-hybridized carbons (Fsp3) is 0.333. The van der Waals surface area contributed by atoms with Gasteiger partial charge in [-0.3, -0.25) is 0 Å². The molecule has 0 unspecified atom stereocenters. The molecule has 1 atom stereocenters. The average Bonchev–Trinajstić information content (AvgIpc) is 2.64. The molecule has 8 nitrogen and oxygen atoms in total. The highest BCUT2D eigenvalue weighted by molar-refractivity contribution is 5.73. The molecular weight excluding hydrogens is 412 g/mol. The Morgan fingerprint density at radius 3 is 2.45 bits per heavy atom. The van der Waals surface area contributed by atoms with E-state index in [4.69, 9.17) is 13.9 Å². The summed E-state index contributed by atoms with van der Waals surface area (Å²) in [6, 6.07) is 4.79. The van der Waals surface area contributed by atoms with Crippen LogP contribution in [0, 0.1) is 11.6 Å². The molecule has 0 radical (unpaired) electrons. The van der Waals surface area contributed by atoms with Gasteiger partial charge in [-0.1, -0.05) is 0 Å². The van der Waals surface area contributed by atoms with Gasteiger partial charge in [0.25, 0.3) is 0 Å². The minimum absolute atomic E-state index is 0.0343. The van der Waals surface area contributed by atoms with Crippen molar-refractivity contribution in [2.24, 2.45) is 0 Å². The summed E-state index contributed by atoms with van der Waals surface area (Å²) < 4.78 is 42.9. The highest BCUT2D eigenvalue weighted by Gasteiger charge is 2.25. The Bertz CT molecular complexity index is 1150. The van der Waals surface area contributed by atoms with Crippen LogP contribution >= 0.6 is 0 Å². The van der Waals surface area contributed by atoms with Gasteiger partial charge in [0, 0.05) is 18.6 Å². The summed E-state index contributed by atoms with van der Waals surface area (Å²) in [5.41, 5.74) is -1.29. The average molecular weight is 433 g/mol. The topological polar surface area (TPSA) is 104 Å². The van der Waals surface area contributed by atoms with Crippen LogP contribution in [0.1, 0.15) is 38.3 Å². The molecule has 0 aliphatic carbocycles. The first-order valence-corrected chi connectivity index (χ1v) is 9.34. The van der Waals surface area contributed by atoms with Crippen LogP contribution in [0.2, 0.25) is 0 Å². The van der Waals surface area contributed by atoms with E-state index in [1.807, 2.05) is 0 Å². The number of ether oxygens (including phenoxy) is 2. The number of carbonyl (C=O) groups is 1. The number of halogens is 2. The zero-order valence-electron chi connectivity index (χ0n) is 17.4. The Hall–Kier alpha value is -3.56. The number of carbonyl (C=O) groups excluding carboxylic acids is 1. The maximum Gasteiger partial charge on any atom is 0.408 e. The first-order chi connectivity index (χ1) is 14.5. The molecule has 0 saturated carbocycles. The van der Waals surface area contributed by atoms with Gasteiger partial charge in [-0.05, 0) is 44.5 Å². The van der Waals surface area contributed by atoms with E-state index in [0.717, 1.165) is 18.2 Å². The van der Waals surface area contributed by atoms with Crippen molar-refractivity contribution in [2.45, 2.75) is 38.8 Å². The summed E-state index contributed by atoms with van der Waals surface area (Å²) in [5, 5.41) is 2.65. The van der Waals surface area contributed by atoms with Gasteiger partial charge < -0.3 is 19.2 Å². The van der Waals surface area contributed by atoms with Crippen molar-refractivity contribution in [3.05, 3.63) is 63.8 Å². The molecule has 1 aromatic carbocycles. The monoisotopic (exact) mass is 433 g/mol. The second-order valence-electron chi connectivity index (χ2n) is 7.74. The fourth-order valence-electron chi connectivity index (χ4n) is 2.83. The van der Waals surface area contributed by atoms with Crippen molar-refractivity contribution in [1.29, 1.82) is 0 Å². The zero-order valence-corrected chi connectivity index (χ0v) is 17.4. The number of nitrogens with zero attached hydrogens (tertiary/aromatic N) is 2. The molecule has 2 aromatic heterocycles. The van der Waals surface area contributed by atoms with E-state index in [9.17, 15) is 18.4 Å². The third-order valence-electron chi connectivity index (χ3n) is 4.04. The summed E-state index contributed by atoms with van der Waals surface area (Å²) in [7, 11) is 1.41. The third-order valence-corrected chi connectivity index (χ3v) is 4.04. The smallest absolute Gasteiger partial charge is 0.408 e. The Labute approximate surface area is 176 Å². The fourth-order valence-corrected chi connectivity index (χ4v) is 2.83. The minimum Gasteiger partial charge on any atom is -0.481 e. The van der Waals surface area contributed by atoms with E-state index >= 15 is 0 Å². The van der Waals surface area contributed by atoms with Crippen molar-refractivity contribution in [1.82, 2.24) is 15.3 Å². The zero-order chi connectivity index (χ0) is 22.8. The highest BCUT2D eigenvalue weighted by Crippen LogP contribution is 2.21. The molecule has 0 saturated heterocycles. The number of rotatable bonds is 5. The van der Waals surface area contributed by atoms with E-state index in [1.54, 1.807) is 20.8 Å². The predicted molar refractivity (Wildman–Crippen MR) is 107 cm³/mol. The Morgan fingerprint density at radius 2 is 1.84 bits per heavy atom. The van der Waals surface area contributed by atoms with Gasteiger partial charge in [0.1, 0.15) is 28.7 Å². The van der Waals surface area contributed by atoms with Crippen LogP contribution in [0.3, 0.4) is 0 Å². The number of hydrogen-bond donors (Lipinski definition) is 1. The summed E-state index contributed by atoms with van der Waals surface area (Å²) >= 11 is 0. The Balaban J connectivity index is 2.03. The summed E-state index contributed by atoms with van der Waals surface area (Å²) in [4.78, 5) is 33.1. The maximum atomic E-state index is 13.7. The largest absolute Gasteiger partial charge is 0.481 e. The number of benzene rings is 1. The standard InChI is InChI=1S/C21H21F2N3O5/c1-21(2,3)31-20(28)24-15(9-11-7-12(22)10-13(23)8-11)18-26-17-14(19(27)30-18)5-6-16(25-17)29-4/h5-8,10,15H,9H2,1-4H3,(H,24,28)/t15-/m0/s1.